The summed E-state index contributed by atoms with van der Waals surface area (Å²) in [5, 5.41) is 13.5. The van der Waals surface area contributed by atoms with Crippen molar-refractivity contribution in [3.63, 3.8) is 0 Å². The number of carbonyl (C=O) groups excluding carboxylic acids is 2. The number of amides is 3. The monoisotopic (exact) mass is 521 g/mol. The number of likely N-dealkylation sites (tertiary alicyclic amines) is 1. The van der Waals surface area contributed by atoms with Gasteiger partial charge in [0.25, 0.3) is 5.91 Å². The van der Waals surface area contributed by atoms with Crippen LogP contribution in [0.4, 0.5) is 38.1 Å². The van der Waals surface area contributed by atoms with Gasteiger partial charge in [-0.05, 0) is 38.0 Å². The van der Waals surface area contributed by atoms with Crippen molar-refractivity contribution in [3.05, 3.63) is 52.6 Å². The highest BCUT2D eigenvalue weighted by atomic mass is 35.5. The lowest BCUT2D eigenvalue weighted by molar-refractivity contribution is -0.189. The summed E-state index contributed by atoms with van der Waals surface area (Å²) in [6.45, 7) is 0.648. The number of alkyl halides is 3. The van der Waals surface area contributed by atoms with Gasteiger partial charge in [-0.25, -0.2) is 13.6 Å². The molecular weight excluding hydrogens is 501 g/mol. The molecule has 0 spiro atoms. The zero-order valence-corrected chi connectivity index (χ0v) is 19.0. The van der Waals surface area contributed by atoms with Crippen LogP contribution in [0.5, 0.6) is 5.75 Å². The second kappa shape index (κ2) is 10.6. The van der Waals surface area contributed by atoms with Gasteiger partial charge < -0.3 is 25.4 Å². The van der Waals surface area contributed by atoms with E-state index in [0.717, 1.165) is 12.1 Å². The summed E-state index contributed by atoms with van der Waals surface area (Å²) in [6.07, 6.45) is -6.10. The lowest BCUT2D eigenvalue weighted by Gasteiger charge is -2.24. The molecule has 1 fully saturated rings. The first-order valence-electron chi connectivity index (χ1n) is 10.4. The number of nitrogens with one attached hydrogen (secondary N) is 2. The third-order valence-electron chi connectivity index (χ3n) is 5.37. The van der Waals surface area contributed by atoms with E-state index in [1.807, 2.05) is 0 Å². The summed E-state index contributed by atoms with van der Waals surface area (Å²) in [7, 11) is 0. The molecule has 0 radical (unpaired) electrons. The SMILES string of the molecule is CC(Oc1cc(NC(=O)N2CCC[C@H]2CO)c(F)cc1C(=O)Nc1c(F)cccc1Cl)C(F)(F)F. The molecule has 1 saturated heterocycles. The largest absolute Gasteiger partial charge is 0.480 e. The molecule has 0 aliphatic carbocycles. The fourth-order valence-corrected chi connectivity index (χ4v) is 3.67. The number of hydrogen-bond acceptors (Lipinski definition) is 4. The number of carbonyl (C=O) groups is 2. The molecule has 3 rings (SSSR count). The number of para-hydroxylation sites is 1. The number of aliphatic hydroxyl groups excluding tert-OH is 1. The summed E-state index contributed by atoms with van der Waals surface area (Å²) in [5.74, 6) is -3.99. The van der Waals surface area contributed by atoms with E-state index in [0.29, 0.717) is 25.8 Å². The van der Waals surface area contributed by atoms with E-state index in [9.17, 15) is 36.6 Å². The Bertz CT molecular complexity index is 1090. The molecular formula is C22H21ClF5N3O4. The second-order valence-electron chi connectivity index (χ2n) is 7.78. The number of aliphatic hydroxyl groups is 1. The summed E-state index contributed by atoms with van der Waals surface area (Å²) < 4.78 is 73.2. The molecule has 2 aromatic carbocycles. The Kier molecular flexibility index (Phi) is 8.06. The quantitative estimate of drug-likeness (QED) is 0.456. The van der Waals surface area contributed by atoms with Gasteiger partial charge in [-0.2, -0.15) is 13.2 Å². The molecule has 1 heterocycles. The summed E-state index contributed by atoms with van der Waals surface area (Å²) in [6, 6.07) is 3.54. The minimum Gasteiger partial charge on any atom is -0.480 e. The predicted octanol–water partition coefficient (Wildman–Crippen LogP) is 5.19. The van der Waals surface area contributed by atoms with Gasteiger partial charge in [0.15, 0.2) is 6.10 Å². The van der Waals surface area contributed by atoms with Crippen LogP contribution in [0.2, 0.25) is 5.02 Å². The van der Waals surface area contributed by atoms with Gasteiger partial charge in [-0.15, -0.1) is 0 Å². The third-order valence-corrected chi connectivity index (χ3v) is 5.69. The highest BCUT2D eigenvalue weighted by Gasteiger charge is 2.39. The lowest BCUT2D eigenvalue weighted by Crippen LogP contribution is -2.40. The molecule has 1 aliphatic heterocycles. The van der Waals surface area contributed by atoms with Crippen LogP contribution < -0.4 is 15.4 Å². The van der Waals surface area contributed by atoms with Gasteiger partial charge in [0.2, 0.25) is 0 Å². The smallest absolute Gasteiger partial charge is 0.425 e. The van der Waals surface area contributed by atoms with Gasteiger partial charge >= 0.3 is 12.2 Å². The number of ether oxygens (including phenoxy) is 1. The Morgan fingerprint density at radius 2 is 1.94 bits per heavy atom. The van der Waals surface area contributed by atoms with Crippen LogP contribution in [0, 0.1) is 11.6 Å². The standard InChI is InChI=1S/C22H21ClF5N3O4/c1-11(22(26,27)28)35-18-9-17(29-21(34)31-7-3-4-12(31)10-32)16(25)8-13(18)20(33)30-19-14(23)5-2-6-15(19)24/h2,5-6,8-9,11-12,32H,3-4,7,10H2,1H3,(H,29,34)(H,30,33)/t11?,12-/m0/s1. The van der Waals surface area contributed by atoms with Gasteiger partial charge in [-0.1, -0.05) is 17.7 Å². The first kappa shape index (κ1) is 26.5. The van der Waals surface area contributed by atoms with Crippen molar-refractivity contribution in [2.45, 2.75) is 38.1 Å². The number of benzene rings is 2. The molecule has 3 amide bonds. The van der Waals surface area contributed by atoms with Gasteiger partial charge in [0, 0.05) is 12.6 Å². The van der Waals surface area contributed by atoms with E-state index in [1.54, 1.807) is 0 Å². The van der Waals surface area contributed by atoms with E-state index in [4.69, 9.17) is 16.3 Å². The van der Waals surface area contributed by atoms with Crippen molar-refractivity contribution in [2.24, 2.45) is 0 Å². The predicted molar refractivity (Wildman–Crippen MR) is 118 cm³/mol. The average molecular weight is 522 g/mol. The molecule has 0 saturated carbocycles. The molecule has 1 aliphatic rings. The Labute approximate surface area is 201 Å². The lowest BCUT2D eigenvalue weighted by atomic mass is 10.1. The van der Waals surface area contributed by atoms with E-state index < -0.39 is 64.6 Å². The number of nitrogens with zero attached hydrogens (tertiary/aromatic N) is 1. The third kappa shape index (κ3) is 6.12. The van der Waals surface area contributed by atoms with Crippen molar-refractivity contribution in [3.8, 4) is 5.75 Å². The minimum atomic E-state index is -4.83. The van der Waals surface area contributed by atoms with E-state index in [1.165, 1.54) is 17.0 Å². The van der Waals surface area contributed by atoms with Crippen molar-refractivity contribution in [1.29, 1.82) is 0 Å². The van der Waals surface area contributed by atoms with E-state index in [-0.39, 0.29) is 18.2 Å². The molecule has 1 unspecified atom stereocenters. The Hall–Kier alpha value is -3.12. The van der Waals surface area contributed by atoms with Crippen molar-refractivity contribution in [1.82, 2.24) is 4.90 Å². The number of hydrogen-bond donors (Lipinski definition) is 3. The first-order chi connectivity index (χ1) is 16.4. The number of anilines is 2. The molecule has 2 atom stereocenters. The highest BCUT2D eigenvalue weighted by molar-refractivity contribution is 6.34. The first-order valence-corrected chi connectivity index (χ1v) is 10.8. The van der Waals surface area contributed by atoms with Crippen LogP contribution in [0.15, 0.2) is 30.3 Å². The fraction of sp³-hybridized carbons (Fsp3) is 0.364. The minimum absolute atomic E-state index is 0.196. The highest BCUT2D eigenvalue weighted by Crippen LogP contribution is 2.33. The topological polar surface area (TPSA) is 90.9 Å². The van der Waals surface area contributed by atoms with Crippen LogP contribution in [0.1, 0.15) is 30.1 Å². The van der Waals surface area contributed by atoms with Crippen LogP contribution in [0.25, 0.3) is 0 Å². The summed E-state index contributed by atoms with van der Waals surface area (Å²) in [5.41, 5.74) is -1.70. The molecule has 0 aromatic heterocycles. The average Bonchev–Trinajstić information content (AvgIpc) is 3.26. The number of urea groups is 1. The zero-order valence-electron chi connectivity index (χ0n) is 18.3. The van der Waals surface area contributed by atoms with Crippen LogP contribution in [-0.2, 0) is 0 Å². The van der Waals surface area contributed by atoms with Crippen LogP contribution in [0.3, 0.4) is 0 Å². The second-order valence-corrected chi connectivity index (χ2v) is 8.19. The van der Waals surface area contributed by atoms with Gasteiger partial charge in [0.05, 0.1) is 34.6 Å². The summed E-state index contributed by atoms with van der Waals surface area (Å²) in [4.78, 5) is 26.6. The molecule has 7 nitrogen and oxygen atoms in total. The van der Waals surface area contributed by atoms with E-state index in [2.05, 4.69) is 10.6 Å². The normalized spacial score (nSPS) is 16.7. The van der Waals surface area contributed by atoms with E-state index >= 15 is 0 Å². The van der Waals surface area contributed by atoms with Crippen LogP contribution >= 0.6 is 11.6 Å². The van der Waals surface area contributed by atoms with Crippen molar-refractivity contribution in [2.75, 3.05) is 23.8 Å². The fourth-order valence-electron chi connectivity index (χ4n) is 3.46. The maximum Gasteiger partial charge on any atom is 0.425 e. The Balaban J connectivity index is 1.95. The number of halogens is 6. The van der Waals surface area contributed by atoms with Gasteiger partial charge in [-0.3, -0.25) is 4.79 Å². The molecule has 2 aromatic rings. The maximum absolute atomic E-state index is 14.8. The van der Waals surface area contributed by atoms with Crippen molar-refractivity contribution < 1.29 is 41.4 Å². The van der Waals surface area contributed by atoms with Gasteiger partial charge in [0.1, 0.15) is 17.4 Å². The Morgan fingerprint density at radius 3 is 2.57 bits per heavy atom. The van der Waals surface area contributed by atoms with Crippen molar-refractivity contribution >= 4 is 34.9 Å². The molecule has 3 N–H and O–H groups in total. The summed E-state index contributed by atoms with van der Waals surface area (Å²) >= 11 is 5.87. The zero-order chi connectivity index (χ0) is 25.9. The molecule has 13 heteroatoms. The Morgan fingerprint density at radius 1 is 1.23 bits per heavy atom. The number of rotatable bonds is 6. The van der Waals surface area contributed by atoms with Crippen LogP contribution in [-0.4, -0.2) is 53.4 Å². The molecule has 190 valence electrons. The molecule has 35 heavy (non-hydrogen) atoms. The molecule has 0 bridgehead atoms. The maximum atomic E-state index is 14.8.